The third-order valence-electron chi connectivity index (χ3n) is 8.10. The molecule has 0 aromatic carbocycles. The highest BCUT2D eigenvalue weighted by Gasteiger charge is 2.60. The van der Waals surface area contributed by atoms with Gasteiger partial charge < -0.3 is 18.9 Å². The highest BCUT2D eigenvalue weighted by atomic mass is 16.8. The first-order valence-electron chi connectivity index (χ1n) is 12.3. The van der Waals surface area contributed by atoms with Crippen molar-refractivity contribution in [1.29, 1.82) is 0 Å². The minimum atomic E-state index is -0.742. The van der Waals surface area contributed by atoms with Crippen LogP contribution in [0, 0.1) is 0 Å². The molecule has 0 bridgehead atoms. The Morgan fingerprint density at radius 1 is 0.562 bits per heavy atom. The van der Waals surface area contributed by atoms with E-state index in [0.717, 1.165) is 51.4 Å². The van der Waals surface area contributed by atoms with Gasteiger partial charge in [0.1, 0.15) is 0 Å². The Labute approximate surface area is 188 Å². The maximum atomic E-state index is 12.9. The smallest absolute Gasteiger partial charge is 0.319 e. The van der Waals surface area contributed by atoms with Crippen molar-refractivity contribution in [2.45, 2.75) is 114 Å². The summed E-state index contributed by atoms with van der Waals surface area (Å²) in [5.41, 5.74) is 0. The number of fused-ring (bicyclic) bond motifs is 2. The van der Waals surface area contributed by atoms with E-state index in [1.54, 1.807) is 23.9 Å². The van der Waals surface area contributed by atoms with E-state index < -0.39 is 37.5 Å². The monoisotopic (exact) mass is 450 g/mol. The Bertz CT molecular complexity index is 695. The minimum absolute atomic E-state index is 0.0377. The first kappa shape index (κ1) is 20.9. The number of hydrogen-bond acceptors (Lipinski definition) is 6. The topological polar surface area (TPSA) is 84.0 Å². The van der Waals surface area contributed by atoms with E-state index in [9.17, 15) is 9.59 Å². The summed E-state index contributed by atoms with van der Waals surface area (Å²) in [5, 5.41) is 0. The predicted octanol–water partition coefficient (Wildman–Crippen LogP) is 2.44. The second-order valence-electron chi connectivity index (χ2n) is 10.0. The van der Waals surface area contributed by atoms with Gasteiger partial charge in [-0.25, -0.2) is 9.59 Å². The normalized spacial score (nSPS) is 41.2. The van der Waals surface area contributed by atoms with E-state index in [0.29, 0.717) is 0 Å². The van der Waals surface area contributed by atoms with Crippen molar-refractivity contribution in [3.8, 4) is 0 Å². The first-order chi connectivity index (χ1) is 15.5. The molecule has 6 aliphatic rings. The van der Waals surface area contributed by atoms with Crippen LogP contribution in [0.15, 0.2) is 0 Å². The number of urea groups is 2. The molecule has 10 nitrogen and oxygen atoms in total. The van der Waals surface area contributed by atoms with Crippen LogP contribution in [0.4, 0.5) is 9.59 Å². The minimum Gasteiger partial charge on any atom is -0.319 e. The van der Waals surface area contributed by atoms with Crippen LogP contribution in [0.5, 0.6) is 0 Å². The van der Waals surface area contributed by atoms with Gasteiger partial charge >= 0.3 is 12.1 Å². The molecule has 0 spiro atoms. The molecular formula is C22H34N4O6. The lowest BCUT2D eigenvalue weighted by atomic mass is 9.94. The van der Waals surface area contributed by atoms with Gasteiger partial charge in [0.2, 0.25) is 12.6 Å². The van der Waals surface area contributed by atoms with Gasteiger partial charge in [-0.3, -0.25) is 19.6 Å². The summed E-state index contributed by atoms with van der Waals surface area (Å²) >= 11 is 0. The van der Waals surface area contributed by atoms with E-state index >= 15 is 0 Å². The standard InChI is InChI=1S/C22H34N4O6/c1-23-15-17(25(21(23)27)13-9-5-3-6-10-13)31-19(29-15)20-30-16-18(32-20)26(22(28)24(16)2)14-11-7-4-8-12-14/h13-20H,3-12H2,1-2H3/t15-,16+,17-,18+,19-,20-/m0/s1. The first-order valence-corrected chi connectivity index (χ1v) is 12.3. The zero-order valence-corrected chi connectivity index (χ0v) is 18.9. The third-order valence-corrected chi connectivity index (χ3v) is 8.10. The summed E-state index contributed by atoms with van der Waals surface area (Å²) in [5.74, 6) is 0. The molecule has 4 saturated heterocycles. The summed E-state index contributed by atoms with van der Waals surface area (Å²) in [4.78, 5) is 32.7. The lowest BCUT2D eigenvalue weighted by molar-refractivity contribution is -0.243. The number of ether oxygens (including phenoxy) is 4. The van der Waals surface area contributed by atoms with Crippen LogP contribution in [0.2, 0.25) is 0 Å². The van der Waals surface area contributed by atoms with Crippen molar-refractivity contribution < 1.29 is 28.5 Å². The Kier molecular flexibility index (Phi) is 5.24. The molecule has 0 N–H and O–H groups in total. The molecule has 2 saturated carbocycles. The van der Waals surface area contributed by atoms with Crippen molar-refractivity contribution >= 4 is 12.1 Å². The van der Waals surface area contributed by atoms with Crippen LogP contribution in [0.25, 0.3) is 0 Å². The van der Waals surface area contributed by atoms with Gasteiger partial charge in [-0.15, -0.1) is 0 Å². The molecule has 4 amide bonds. The van der Waals surface area contributed by atoms with Crippen LogP contribution in [-0.4, -0.2) is 95.3 Å². The zero-order valence-electron chi connectivity index (χ0n) is 18.9. The van der Waals surface area contributed by atoms with Gasteiger partial charge in [0.15, 0.2) is 24.9 Å². The molecule has 0 unspecified atom stereocenters. The Hall–Kier alpha value is -1.62. The van der Waals surface area contributed by atoms with Crippen LogP contribution in [-0.2, 0) is 18.9 Å². The summed E-state index contributed by atoms with van der Waals surface area (Å²) in [6.07, 6.45) is 7.63. The molecule has 6 rings (SSSR count). The second-order valence-corrected chi connectivity index (χ2v) is 10.0. The Balaban J connectivity index is 1.16. The fraction of sp³-hybridized carbons (Fsp3) is 0.909. The molecule has 4 heterocycles. The van der Waals surface area contributed by atoms with Gasteiger partial charge in [0, 0.05) is 26.2 Å². The molecule has 2 aliphatic carbocycles. The Morgan fingerprint density at radius 2 is 0.906 bits per heavy atom. The van der Waals surface area contributed by atoms with E-state index in [1.165, 1.54) is 12.8 Å². The fourth-order valence-corrected chi connectivity index (χ4v) is 6.36. The van der Waals surface area contributed by atoms with E-state index in [4.69, 9.17) is 18.9 Å². The number of carbonyl (C=O) groups is 2. The average molecular weight is 451 g/mol. The number of hydrogen-bond donors (Lipinski definition) is 0. The average Bonchev–Trinajstić information content (AvgIpc) is 3.54. The Morgan fingerprint density at radius 3 is 1.28 bits per heavy atom. The summed E-state index contributed by atoms with van der Waals surface area (Å²) in [6, 6.07) is 0.298. The second kappa shape index (κ2) is 8.00. The highest BCUT2D eigenvalue weighted by Crippen LogP contribution is 2.42. The molecule has 6 atom stereocenters. The van der Waals surface area contributed by atoms with Crippen molar-refractivity contribution in [3.63, 3.8) is 0 Å². The van der Waals surface area contributed by atoms with Crippen LogP contribution in [0.3, 0.4) is 0 Å². The van der Waals surface area contributed by atoms with E-state index in [2.05, 4.69) is 0 Å². The molecule has 0 radical (unpaired) electrons. The summed E-state index contributed by atoms with van der Waals surface area (Å²) in [6.45, 7) is 0. The zero-order chi connectivity index (χ0) is 22.0. The predicted molar refractivity (Wildman–Crippen MR) is 111 cm³/mol. The van der Waals surface area contributed by atoms with Gasteiger partial charge in [0.05, 0.1) is 0 Å². The number of nitrogens with zero attached hydrogens (tertiary/aromatic N) is 4. The molecule has 4 aliphatic heterocycles. The molecule has 0 aromatic heterocycles. The lowest BCUT2D eigenvalue weighted by Gasteiger charge is -2.34. The third kappa shape index (κ3) is 3.13. The van der Waals surface area contributed by atoms with Gasteiger partial charge in [-0.05, 0) is 25.7 Å². The quantitative estimate of drug-likeness (QED) is 0.657. The highest BCUT2D eigenvalue weighted by molar-refractivity contribution is 5.78. The van der Waals surface area contributed by atoms with E-state index in [1.807, 2.05) is 9.80 Å². The van der Waals surface area contributed by atoms with Crippen molar-refractivity contribution in [2.75, 3.05) is 14.1 Å². The summed E-state index contributed by atoms with van der Waals surface area (Å²) < 4.78 is 24.8. The maximum absolute atomic E-state index is 12.9. The lowest BCUT2D eigenvalue weighted by Crippen LogP contribution is -2.47. The van der Waals surface area contributed by atoms with Crippen molar-refractivity contribution in [2.24, 2.45) is 0 Å². The largest absolute Gasteiger partial charge is 0.324 e. The van der Waals surface area contributed by atoms with E-state index in [-0.39, 0.29) is 24.1 Å². The molecule has 32 heavy (non-hydrogen) atoms. The van der Waals surface area contributed by atoms with Crippen molar-refractivity contribution in [3.05, 3.63) is 0 Å². The molecular weight excluding hydrogens is 416 g/mol. The van der Waals surface area contributed by atoms with Gasteiger partial charge in [0.25, 0.3) is 0 Å². The fourth-order valence-electron chi connectivity index (χ4n) is 6.36. The number of likely N-dealkylation sites (N-methyl/N-ethyl adjacent to an activating group) is 2. The molecule has 178 valence electrons. The van der Waals surface area contributed by atoms with Gasteiger partial charge in [-0.2, -0.15) is 0 Å². The number of amides is 4. The maximum Gasteiger partial charge on any atom is 0.324 e. The van der Waals surface area contributed by atoms with Crippen molar-refractivity contribution in [1.82, 2.24) is 19.6 Å². The summed E-state index contributed by atoms with van der Waals surface area (Å²) in [7, 11) is 3.52. The van der Waals surface area contributed by atoms with Crippen LogP contribution < -0.4 is 0 Å². The SMILES string of the molecule is CN1C(=O)N(C2CCCCC2)[C@@H]2O[C@@H]([C@H]3O[C@H]4[C@H](O3)N(C3CCCCC3)C(=O)N4C)O[C@H]21. The van der Waals surface area contributed by atoms with Crippen LogP contribution >= 0.6 is 0 Å². The molecule has 0 aromatic rings. The molecule has 10 heteroatoms. The van der Waals surface area contributed by atoms with Crippen LogP contribution in [0.1, 0.15) is 64.2 Å². The number of carbonyl (C=O) groups excluding carboxylic acids is 2. The molecule has 6 fully saturated rings. The number of rotatable bonds is 3. The van der Waals surface area contributed by atoms with Gasteiger partial charge in [-0.1, -0.05) is 38.5 Å².